The van der Waals surface area contributed by atoms with Crippen molar-refractivity contribution in [1.29, 1.82) is 0 Å². The van der Waals surface area contributed by atoms with Gasteiger partial charge >= 0.3 is 0 Å². The van der Waals surface area contributed by atoms with Gasteiger partial charge in [0, 0.05) is 0 Å². The van der Waals surface area contributed by atoms with E-state index in [0.29, 0.717) is 25.3 Å². The number of rotatable bonds is 6. The molecule has 0 radical (unpaired) electrons. The molecule has 106 valence electrons. The van der Waals surface area contributed by atoms with E-state index in [2.05, 4.69) is 31.2 Å². The molecule has 2 rings (SSSR count). The van der Waals surface area contributed by atoms with Gasteiger partial charge in [0.15, 0.2) is 0 Å². The Kier molecular flexibility index (Phi) is 5.13. The molecular formula is C17H20FNO. The second-order valence-corrected chi connectivity index (χ2v) is 4.75. The molecule has 0 aliphatic carbocycles. The fraction of sp³-hybridized carbons (Fsp3) is 0.294. The van der Waals surface area contributed by atoms with Crippen molar-refractivity contribution in [1.82, 2.24) is 0 Å². The molecule has 3 heteroatoms. The lowest BCUT2D eigenvalue weighted by Gasteiger charge is -2.11. The molecule has 0 atom stereocenters. The van der Waals surface area contributed by atoms with Crippen molar-refractivity contribution in [3.05, 3.63) is 65.0 Å². The fourth-order valence-electron chi connectivity index (χ4n) is 2.07. The summed E-state index contributed by atoms with van der Waals surface area (Å²) in [5.74, 6) is 0.449. The van der Waals surface area contributed by atoms with Crippen LogP contribution in [0.25, 0.3) is 0 Å². The topological polar surface area (TPSA) is 35.2 Å². The molecule has 0 aromatic heterocycles. The van der Waals surface area contributed by atoms with Crippen molar-refractivity contribution >= 4 is 0 Å². The van der Waals surface area contributed by atoms with E-state index in [9.17, 15) is 4.39 Å². The van der Waals surface area contributed by atoms with Crippen LogP contribution < -0.4 is 10.5 Å². The third-order valence-electron chi connectivity index (χ3n) is 3.26. The summed E-state index contributed by atoms with van der Waals surface area (Å²) in [4.78, 5) is 0. The van der Waals surface area contributed by atoms with Crippen LogP contribution in [-0.2, 0) is 19.4 Å². The maximum atomic E-state index is 13.2. The lowest BCUT2D eigenvalue weighted by atomic mass is 10.1. The first kappa shape index (κ1) is 14.5. The third-order valence-corrected chi connectivity index (χ3v) is 3.26. The molecule has 0 saturated heterocycles. The molecule has 0 unspecified atom stereocenters. The van der Waals surface area contributed by atoms with Gasteiger partial charge in [-0.1, -0.05) is 31.2 Å². The van der Waals surface area contributed by atoms with Crippen LogP contribution in [0, 0.1) is 5.82 Å². The number of hydrogen-bond donors (Lipinski definition) is 1. The van der Waals surface area contributed by atoms with Crippen LogP contribution in [0.3, 0.4) is 0 Å². The van der Waals surface area contributed by atoms with Crippen LogP contribution in [0.1, 0.15) is 23.6 Å². The summed E-state index contributed by atoms with van der Waals surface area (Å²) in [6.07, 6.45) is 1.64. The Morgan fingerprint density at radius 3 is 2.40 bits per heavy atom. The van der Waals surface area contributed by atoms with Crippen molar-refractivity contribution in [3.63, 3.8) is 0 Å². The number of hydrogen-bond acceptors (Lipinski definition) is 2. The van der Waals surface area contributed by atoms with Gasteiger partial charge in [0.05, 0.1) is 0 Å². The summed E-state index contributed by atoms with van der Waals surface area (Å²) < 4.78 is 19.0. The second-order valence-electron chi connectivity index (χ2n) is 4.75. The van der Waals surface area contributed by atoms with Crippen LogP contribution in [0.5, 0.6) is 5.75 Å². The maximum Gasteiger partial charge on any atom is 0.123 e. The smallest absolute Gasteiger partial charge is 0.123 e. The van der Waals surface area contributed by atoms with Crippen molar-refractivity contribution in [2.24, 2.45) is 5.73 Å². The van der Waals surface area contributed by atoms with E-state index in [1.54, 1.807) is 6.07 Å². The molecule has 0 aliphatic rings. The van der Waals surface area contributed by atoms with E-state index in [4.69, 9.17) is 10.5 Å². The highest BCUT2D eigenvalue weighted by atomic mass is 19.1. The highest BCUT2D eigenvalue weighted by Gasteiger charge is 2.05. The molecule has 0 amide bonds. The molecular weight excluding hydrogens is 253 g/mol. The van der Waals surface area contributed by atoms with Gasteiger partial charge < -0.3 is 10.5 Å². The summed E-state index contributed by atoms with van der Waals surface area (Å²) in [5.41, 5.74) is 8.77. The lowest BCUT2D eigenvalue weighted by molar-refractivity contribution is 0.302. The maximum absolute atomic E-state index is 13.2. The van der Waals surface area contributed by atoms with Gasteiger partial charge in [-0.25, -0.2) is 4.39 Å². The van der Waals surface area contributed by atoms with Gasteiger partial charge in [-0.3, -0.25) is 0 Å². The Balaban J connectivity index is 2.05. The molecule has 20 heavy (non-hydrogen) atoms. The average Bonchev–Trinajstić information content (AvgIpc) is 2.47. The highest BCUT2D eigenvalue weighted by Crippen LogP contribution is 2.21. The van der Waals surface area contributed by atoms with Crippen LogP contribution in [0.2, 0.25) is 0 Å². The Hall–Kier alpha value is -1.87. The number of nitrogens with two attached hydrogens (primary N) is 1. The molecule has 0 bridgehead atoms. The van der Waals surface area contributed by atoms with Crippen LogP contribution in [0.4, 0.5) is 4.39 Å². The zero-order valence-corrected chi connectivity index (χ0v) is 11.7. The Morgan fingerprint density at radius 1 is 1.05 bits per heavy atom. The minimum absolute atomic E-state index is 0.256. The molecule has 2 aromatic carbocycles. The summed E-state index contributed by atoms with van der Waals surface area (Å²) in [5, 5.41) is 0. The number of ether oxygens (including phenoxy) is 1. The predicted octanol–water partition coefficient (Wildman–Crippen LogP) is 3.47. The number of aryl methyl sites for hydroxylation is 1. The molecule has 2 nitrogen and oxygen atoms in total. The molecule has 0 spiro atoms. The third kappa shape index (κ3) is 3.81. The SMILES string of the molecule is CCc1ccc(COc2ccc(F)cc2CCN)cc1. The van der Waals surface area contributed by atoms with Gasteiger partial charge in [0.25, 0.3) is 0 Å². The quantitative estimate of drug-likeness (QED) is 0.874. The van der Waals surface area contributed by atoms with Crippen molar-refractivity contribution < 1.29 is 9.13 Å². The normalized spacial score (nSPS) is 10.6. The Bertz CT molecular complexity index is 551. The van der Waals surface area contributed by atoms with E-state index in [1.165, 1.54) is 17.7 Å². The fourth-order valence-corrected chi connectivity index (χ4v) is 2.07. The van der Waals surface area contributed by atoms with Crippen molar-refractivity contribution in [3.8, 4) is 5.75 Å². The Morgan fingerprint density at radius 2 is 1.75 bits per heavy atom. The van der Waals surface area contributed by atoms with E-state index in [-0.39, 0.29) is 5.82 Å². The van der Waals surface area contributed by atoms with E-state index < -0.39 is 0 Å². The van der Waals surface area contributed by atoms with Crippen LogP contribution >= 0.6 is 0 Å². The van der Waals surface area contributed by atoms with Gasteiger partial charge in [-0.15, -0.1) is 0 Å². The second kappa shape index (κ2) is 7.06. The van der Waals surface area contributed by atoms with Crippen molar-refractivity contribution in [2.75, 3.05) is 6.54 Å². The summed E-state index contributed by atoms with van der Waals surface area (Å²) in [7, 11) is 0. The number of benzene rings is 2. The predicted molar refractivity (Wildman–Crippen MR) is 79.3 cm³/mol. The first-order chi connectivity index (χ1) is 9.72. The molecule has 0 saturated carbocycles. The van der Waals surface area contributed by atoms with E-state index in [1.807, 2.05) is 0 Å². The van der Waals surface area contributed by atoms with Crippen LogP contribution in [-0.4, -0.2) is 6.54 Å². The van der Waals surface area contributed by atoms with Gasteiger partial charge in [0.2, 0.25) is 0 Å². The zero-order valence-electron chi connectivity index (χ0n) is 11.7. The molecule has 0 fully saturated rings. The standard InChI is InChI=1S/C17H20FNO/c1-2-13-3-5-14(6-4-13)12-20-17-8-7-16(18)11-15(17)9-10-19/h3-8,11H,2,9-10,12,19H2,1H3. The highest BCUT2D eigenvalue weighted by molar-refractivity contribution is 5.34. The number of halogens is 1. The van der Waals surface area contributed by atoms with E-state index >= 15 is 0 Å². The minimum atomic E-state index is -0.256. The molecule has 2 aromatic rings. The van der Waals surface area contributed by atoms with Gasteiger partial charge in [-0.2, -0.15) is 0 Å². The lowest BCUT2D eigenvalue weighted by Crippen LogP contribution is -2.06. The molecule has 0 heterocycles. The minimum Gasteiger partial charge on any atom is -0.489 e. The summed E-state index contributed by atoms with van der Waals surface area (Å²) in [6, 6.07) is 12.9. The van der Waals surface area contributed by atoms with E-state index in [0.717, 1.165) is 17.5 Å². The summed E-state index contributed by atoms with van der Waals surface area (Å²) in [6.45, 7) is 3.08. The van der Waals surface area contributed by atoms with Crippen LogP contribution in [0.15, 0.2) is 42.5 Å². The van der Waals surface area contributed by atoms with Gasteiger partial charge in [0.1, 0.15) is 18.2 Å². The molecule has 2 N–H and O–H groups in total. The van der Waals surface area contributed by atoms with Gasteiger partial charge in [-0.05, 0) is 54.3 Å². The largest absolute Gasteiger partial charge is 0.489 e. The average molecular weight is 273 g/mol. The molecule has 0 aliphatic heterocycles. The first-order valence-electron chi connectivity index (χ1n) is 6.92. The van der Waals surface area contributed by atoms with Crippen molar-refractivity contribution in [2.45, 2.75) is 26.4 Å². The monoisotopic (exact) mass is 273 g/mol. The summed E-state index contributed by atoms with van der Waals surface area (Å²) >= 11 is 0. The Labute approximate surface area is 119 Å². The zero-order chi connectivity index (χ0) is 14.4. The first-order valence-corrected chi connectivity index (χ1v) is 6.92.